The molecule has 0 amide bonds. The number of hydrogen-bond donors (Lipinski definition) is 0. The van der Waals surface area contributed by atoms with Gasteiger partial charge >= 0.3 is 0 Å². The molecule has 1 aromatic rings. The largest absolute Gasteiger partial charge is 0.412 e. The van der Waals surface area contributed by atoms with Crippen molar-refractivity contribution in [3.8, 4) is 0 Å². The van der Waals surface area contributed by atoms with Crippen molar-refractivity contribution in [1.29, 1.82) is 0 Å². The number of nitrogens with zero attached hydrogens (tertiary/aromatic N) is 1. The van der Waals surface area contributed by atoms with Crippen LogP contribution < -0.4 is 0 Å². The van der Waals surface area contributed by atoms with E-state index >= 15 is 4.39 Å². The van der Waals surface area contributed by atoms with Crippen LogP contribution >= 0.6 is 0 Å². The van der Waals surface area contributed by atoms with E-state index in [4.69, 9.17) is 0 Å². The molecule has 4 atom stereocenters. The Balaban J connectivity index is -0.000000976. The van der Waals surface area contributed by atoms with E-state index in [1.807, 2.05) is 59.9 Å². The van der Waals surface area contributed by atoms with Crippen LogP contribution in [0.2, 0.25) is 0 Å². The van der Waals surface area contributed by atoms with Gasteiger partial charge in [0.25, 0.3) is 0 Å². The second-order valence-corrected chi connectivity index (χ2v) is 12.2. The van der Waals surface area contributed by atoms with Gasteiger partial charge in [0.2, 0.25) is 0 Å². The van der Waals surface area contributed by atoms with Crippen molar-refractivity contribution in [2.24, 2.45) is 10.4 Å². The molecule has 1 aromatic carbocycles. The molecule has 2 N–H and O–H groups in total. The number of aryl methyl sites for hydroxylation is 1. The molecule has 0 fully saturated rings. The summed E-state index contributed by atoms with van der Waals surface area (Å²) in [5, 5.41) is 0. The fourth-order valence-corrected chi connectivity index (χ4v) is 6.02. The lowest BCUT2D eigenvalue weighted by molar-refractivity contribution is -0.113. The van der Waals surface area contributed by atoms with Crippen LogP contribution in [-0.2, 0) is 4.79 Å². The van der Waals surface area contributed by atoms with E-state index in [-0.39, 0.29) is 22.7 Å². The third-order valence-corrected chi connectivity index (χ3v) is 9.03. The van der Waals surface area contributed by atoms with Gasteiger partial charge in [0, 0.05) is 12.6 Å². The zero-order valence-electron chi connectivity index (χ0n) is 32.2. The van der Waals surface area contributed by atoms with E-state index in [9.17, 15) is 4.79 Å². The van der Waals surface area contributed by atoms with Crippen molar-refractivity contribution in [2.75, 3.05) is 0 Å². The molecule has 4 heteroatoms. The Labute approximate surface area is 285 Å². The Morgan fingerprint density at radius 3 is 2.11 bits per heavy atom. The van der Waals surface area contributed by atoms with Gasteiger partial charge in [-0.15, -0.1) is 6.58 Å². The number of allylic oxidation sites excluding steroid dienone is 6. The highest BCUT2D eigenvalue weighted by atomic mass is 19.1. The SMILES string of the molecule is C/C=C(\C=C(\C)C(C)=O)CC.C=CCC(F)(C=C)CCC(C)(CCCCC)C(CC)c1cc2c(cc1C)C(C)N=C2.CC.CC.O. The quantitative estimate of drug-likeness (QED) is 0.0766. The van der Waals surface area contributed by atoms with Crippen LogP contribution in [0.1, 0.15) is 175 Å². The molecular weight excluding hydrogens is 569 g/mol. The molecule has 264 valence electrons. The predicted molar refractivity (Wildman–Crippen MR) is 205 cm³/mol. The van der Waals surface area contributed by atoms with Gasteiger partial charge in [-0.3, -0.25) is 9.79 Å². The maximum atomic E-state index is 15.3. The highest BCUT2D eigenvalue weighted by Gasteiger charge is 2.37. The van der Waals surface area contributed by atoms with Crippen molar-refractivity contribution >= 4 is 12.0 Å². The lowest BCUT2D eigenvalue weighted by Gasteiger charge is -2.40. The van der Waals surface area contributed by atoms with Crippen LogP contribution in [0.5, 0.6) is 0 Å². The fraction of sp³-hybridized carbons (Fsp3) is 0.619. The first-order valence-corrected chi connectivity index (χ1v) is 17.8. The van der Waals surface area contributed by atoms with Gasteiger partial charge in [-0.25, -0.2) is 4.39 Å². The highest BCUT2D eigenvalue weighted by molar-refractivity contribution is 5.93. The van der Waals surface area contributed by atoms with Gasteiger partial charge in [0.05, 0.1) is 6.04 Å². The van der Waals surface area contributed by atoms with Gasteiger partial charge < -0.3 is 5.48 Å². The van der Waals surface area contributed by atoms with E-state index in [0.29, 0.717) is 18.8 Å². The Morgan fingerprint density at radius 2 is 1.65 bits per heavy atom. The summed E-state index contributed by atoms with van der Waals surface area (Å²) < 4.78 is 15.3. The van der Waals surface area contributed by atoms with Crippen molar-refractivity contribution in [3.63, 3.8) is 0 Å². The molecule has 3 nitrogen and oxygen atoms in total. The number of rotatable bonds is 16. The molecular formula is C42H72FNO2. The number of ketones is 1. The first kappa shape index (κ1) is 47.8. The van der Waals surface area contributed by atoms with Crippen molar-refractivity contribution in [3.05, 3.63) is 83.0 Å². The maximum Gasteiger partial charge on any atom is 0.155 e. The zero-order chi connectivity index (χ0) is 35.2. The van der Waals surface area contributed by atoms with Gasteiger partial charge in [-0.2, -0.15) is 0 Å². The van der Waals surface area contributed by atoms with Gasteiger partial charge in [-0.1, -0.05) is 117 Å². The number of Topliss-reactive ketones (excluding diaryl/α,β-unsaturated/α-hetero) is 1. The van der Waals surface area contributed by atoms with Crippen LogP contribution in [0.15, 0.2) is 65.7 Å². The number of benzene rings is 1. The summed E-state index contributed by atoms with van der Waals surface area (Å²) in [6.07, 6.45) is 17.7. The second-order valence-electron chi connectivity index (χ2n) is 12.2. The van der Waals surface area contributed by atoms with E-state index < -0.39 is 5.67 Å². The first-order valence-electron chi connectivity index (χ1n) is 17.8. The zero-order valence-corrected chi connectivity index (χ0v) is 32.2. The summed E-state index contributed by atoms with van der Waals surface area (Å²) in [5.41, 5.74) is 6.10. The summed E-state index contributed by atoms with van der Waals surface area (Å²) in [7, 11) is 0. The molecule has 0 saturated heterocycles. The summed E-state index contributed by atoms with van der Waals surface area (Å²) in [4.78, 5) is 15.4. The number of hydrogen-bond acceptors (Lipinski definition) is 2. The molecule has 0 aliphatic carbocycles. The molecule has 1 aliphatic rings. The number of carbonyl (C=O) groups is 1. The Morgan fingerprint density at radius 1 is 1.04 bits per heavy atom. The van der Waals surface area contributed by atoms with Crippen LogP contribution in [0.4, 0.5) is 4.39 Å². The Bertz CT molecular complexity index is 1110. The van der Waals surface area contributed by atoms with E-state index in [1.54, 1.807) is 13.0 Å². The second kappa shape index (κ2) is 25.5. The number of halogens is 1. The molecule has 0 saturated carbocycles. The topological polar surface area (TPSA) is 60.9 Å². The highest BCUT2D eigenvalue weighted by Crippen LogP contribution is 2.49. The minimum Gasteiger partial charge on any atom is -0.412 e. The molecule has 1 aliphatic heterocycles. The standard InChI is InChI=1S/C28H42FN.C10H16O.2C2H6.H2O/c1-8-12-13-15-27(7,16-17-28(29,11-4)14-9-2)26(10-3)24-19-23-20-30-22(6)25(23)18-21(24)5;1-5-10(6-2)7-8(3)9(4)11;2*1-2;/h9,11,18-20,22,26H,2,4,8,10,12-17H2,1,3,5-7H3;5,7H,6H2,1-4H3;2*1-2H3;1H2/b;8-7-,10-5-;;;. The average Bonchev–Trinajstić information content (AvgIpc) is 3.40. The van der Waals surface area contributed by atoms with Gasteiger partial charge in [-0.05, 0) is 112 Å². The fourth-order valence-electron chi connectivity index (χ4n) is 6.02. The summed E-state index contributed by atoms with van der Waals surface area (Å²) in [5.74, 6) is 0.555. The minimum atomic E-state index is -1.36. The molecule has 0 aromatic heterocycles. The van der Waals surface area contributed by atoms with Crippen LogP contribution in [-0.4, -0.2) is 23.1 Å². The van der Waals surface area contributed by atoms with Crippen LogP contribution in [0.25, 0.3) is 0 Å². The lowest BCUT2D eigenvalue weighted by atomic mass is 9.64. The normalized spacial score (nSPS) is 16.7. The van der Waals surface area contributed by atoms with Crippen molar-refractivity contribution in [1.82, 2.24) is 0 Å². The molecule has 4 unspecified atom stereocenters. The third kappa shape index (κ3) is 15.3. The molecule has 1 heterocycles. The van der Waals surface area contributed by atoms with Gasteiger partial charge in [0.15, 0.2) is 5.78 Å². The van der Waals surface area contributed by atoms with Crippen LogP contribution in [0, 0.1) is 12.3 Å². The predicted octanol–water partition coefficient (Wildman–Crippen LogP) is 12.9. The van der Waals surface area contributed by atoms with E-state index in [2.05, 4.69) is 71.8 Å². The molecule has 46 heavy (non-hydrogen) atoms. The van der Waals surface area contributed by atoms with Crippen molar-refractivity contribution < 1.29 is 14.7 Å². The Kier molecular flexibility index (Phi) is 26.5. The first-order chi connectivity index (χ1) is 21.3. The smallest absolute Gasteiger partial charge is 0.155 e. The number of carbonyl (C=O) groups excluding carboxylic acids is 1. The van der Waals surface area contributed by atoms with Crippen molar-refractivity contribution in [2.45, 2.75) is 165 Å². The van der Waals surface area contributed by atoms with E-state index in [0.717, 1.165) is 31.3 Å². The summed E-state index contributed by atoms with van der Waals surface area (Å²) >= 11 is 0. The molecule has 0 radical (unpaired) electrons. The number of fused-ring (bicyclic) bond motifs is 1. The Hall–Kier alpha value is -2.59. The van der Waals surface area contributed by atoms with E-state index in [1.165, 1.54) is 53.2 Å². The summed E-state index contributed by atoms with van der Waals surface area (Å²) in [6.45, 7) is 34.3. The molecule has 0 bridgehead atoms. The minimum absolute atomic E-state index is 0. The molecule has 0 spiro atoms. The third-order valence-electron chi connectivity index (χ3n) is 9.03. The summed E-state index contributed by atoms with van der Waals surface area (Å²) in [6, 6.07) is 4.95. The maximum absolute atomic E-state index is 15.3. The molecule has 2 rings (SSSR count). The average molecular weight is 642 g/mol. The monoisotopic (exact) mass is 642 g/mol. The number of alkyl halides is 1. The number of aliphatic imine (C=N–C) groups is 1. The van der Waals surface area contributed by atoms with Crippen LogP contribution in [0.3, 0.4) is 0 Å². The lowest BCUT2D eigenvalue weighted by Crippen LogP contribution is -2.30. The number of unbranched alkanes of at least 4 members (excludes halogenated alkanes) is 2. The van der Waals surface area contributed by atoms with Gasteiger partial charge in [0.1, 0.15) is 5.67 Å².